The number of ether oxygens (including phenoxy) is 1. The van der Waals surface area contributed by atoms with Gasteiger partial charge in [-0.05, 0) is 76.8 Å². The van der Waals surface area contributed by atoms with Crippen LogP contribution in [-0.4, -0.2) is 6.36 Å². The van der Waals surface area contributed by atoms with E-state index in [0.29, 0.717) is 0 Å². The van der Waals surface area contributed by atoms with E-state index in [4.69, 9.17) is 0 Å². The molecule has 0 bridgehead atoms. The number of hydrogen-bond acceptors (Lipinski definition) is 1. The van der Waals surface area contributed by atoms with Gasteiger partial charge in [-0.15, -0.1) is 13.2 Å². The second kappa shape index (κ2) is 7.94. The molecule has 0 heterocycles. The first-order valence-corrected chi connectivity index (χ1v) is 10.0. The van der Waals surface area contributed by atoms with Crippen LogP contribution in [0.2, 0.25) is 0 Å². The van der Waals surface area contributed by atoms with Gasteiger partial charge in [-0.1, -0.05) is 61.9 Å². The molecule has 29 heavy (non-hydrogen) atoms. The lowest BCUT2D eigenvalue weighted by Crippen LogP contribution is -2.16. The number of rotatable bonds is 5. The van der Waals surface area contributed by atoms with Crippen LogP contribution in [0, 0.1) is 0 Å². The highest BCUT2D eigenvalue weighted by Gasteiger charge is 2.31. The van der Waals surface area contributed by atoms with Crippen LogP contribution >= 0.6 is 0 Å². The molecule has 0 spiro atoms. The largest absolute Gasteiger partial charge is 0.573 e. The van der Waals surface area contributed by atoms with Crippen molar-refractivity contribution >= 4 is 0 Å². The number of halogens is 3. The number of aryl methyl sites for hydroxylation is 3. The van der Waals surface area contributed by atoms with Gasteiger partial charge in [0.2, 0.25) is 0 Å². The highest BCUT2D eigenvalue weighted by molar-refractivity contribution is 5.77. The third-order valence-corrected chi connectivity index (χ3v) is 5.47. The van der Waals surface area contributed by atoms with Crippen molar-refractivity contribution in [2.45, 2.75) is 45.4 Å². The molecule has 0 aromatic heterocycles. The number of alkyl halides is 3. The molecule has 0 amide bonds. The summed E-state index contributed by atoms with van der Waals surface area (Å²) < 4.78 is 41.0. The van der Waals surface area contributed by atoms with Gasteiger partial charge in [-0.2, -0.15) is 0 Å². The van der Waals surface area contributed by atoms with Crippen molar-refractivity contribution in [2.75, 3.05) is 0 Å². The number of fused-ring (bicyclic) bond motifs is 3. The van der Waals surface area contributed by atoms with Crippen molar-refractivity contribution in [3.05, 3.63) is 77.4 Å². The highest BCUT2D eigenvalue weighted by atomic mass is 19.4. The van der Waals surface area contributed by atoms with E-state index in [-0.39, 0.29) is 5.75 Å². The van der Waals surface area contributed by atoms with Crippen molar-refractivity contribution in [2.24, 2.45) is 0 Å². The van der Waals surface area contributed by atoms with Gasteiger partial charge in [0.25, 0.3) is 0 Å². The van der Waals surface area contributed by atoms with Crippen LogP contribution < -0.4 is 4.74 Å². The minimum atomic E-state index is -4.67. The van der Waals surface area contributed by atoms with Gasteiger partial charge in [0.15, 0.2) is 0 Å². The maximum atomic E-state index is 12.3. The standard InChI is InChI=1S/C25H23F3O/c1-2-3-4-17-5-13-23-20(15-17)6-7-21-16-19(10-14-24(21)23)18-8-11-22(12-9-18)29-25(26,27)28/h5,8-16H,2-4,6-7H2,1H3. The lowest BCUT2D eigenvalue weighted by Gasteiger charge is -2.21. The van der Waals surface area contributed by atoms with E-state index in [1.165, 1.54) is 52.8 Å². The first-order chi connectivity index (χ1) is 13.9. The molecule has 0 aliphatic heterocycles. The molecule has 0 atom stereocenters. The van der Waals surface area contributed by atoms with Crippen molar-refractivity contribution in [1.82, 2.24) is 0 Å². The summed E-state index contributed by atoms with van der Waals surface area (Å²) in [5.74, 6) is -0.202. The maximum Gasteiger partial charge on any atom is 0.573 e. The smallest absolute Gasteiger partial charge is 0.406 e. The van der Waals surface area contributed by atoms with E-state index in [1.54, 1.807) is 12.1 Å². The molecule has 0 unspecified atom stereocenters. The number of hydrogen-bond donors (Lipinski definition) is 0. The van der Waals surface area contributed by atoms with Crippen LogP contribution in [0.15, 0.2) is 60.7 Å². The van der Waals surface area contributed by atoms with Gasteiger partial charge in [0, 0.05) is 0 Å². The molecule has 0 saturated heterocycles. The van der Waals surface area contributed by atoms with Gasteiger partial charge < -0.3 is 4.74 Å². The van der Waals surface area contributed by atoms with E-state index < -0.39 is 6.36 Å². The monoisotopic (exact) mass is 396 g/mol. The Morgan fingerprint density at radius 1 is 0.793 bits per heavy atom. The molecule has 0 fully saturated rings. The van der Waals surface area contributed by atoms with Gasteiger partial charge in [0.1, 0.15) is 5.75 Å². The van der Waals surface area contributed by atoms with Gasteiger partial charge in [-0.25, -0.2) is 0 Å². The van der Waals surface area contributed by atoms with Crippen LogP contribution in [0.1, 0.15) is 36.5 Å². The quantitative estimate of drug-likeness (QED) is 0.438. The molecule has 4 rings (SSSR count). The zero-order chi connectivity index (χ0) is 20.4. The third-order valence-electron chi connectivity index (χ3n) is 5.47. The molecule has 0 radical (unpaired) electrons. The minimum absolute atomic E-state index is 0.202. The molecule has 3 aromatic rings. The second-order valence-electron chi connectivity index (χ2n) is 7.54. The summed E-state index contributed by atoms with van der Waals surface area (Å²) in [5, 5.41) is 0. The number of benzene rings is 3. The first-order valence-electron chi connectivity index (χ1n) is 10.0. The zero-order valence-electron chi connectivity index (χ0n) is 16.4. The molecule has 150 valence electrons. The summed E-state index contributed by atoms with van der Waals surface area (Å²) in [6.07, 6.45) is 0.866. The maximum absolute atomic E-state index is 12.3. The minimum Gasteiger partial charge on any atom is -0.406 e. The van der Waals surface area contributed by atoms with E-state index in [9.17, 15) is 13.2 Å². The highest BCUT2D eigenvalue weighted by Crippen LogP contribution is 2.37. The third kappa shape index (κ3) is 4.47. The van der Waals surface area contributed by atoms with Crippen molar-refractivity contribution in [1.29, 1.82) is 0 Å². The molecular formula is C25H23F3O. The molecule has 0 saturated carbocycles. The fraction of sp³-hybridized carbons (Fsp3) is 0.280. The number of unbranched alkanes of at least 4 members (excludes halogenated alkanes) is 1. The Morgan fingerprint density at radius 2 is 1.41 bits per heavy atom. The Labute approximate surface area is 169 Å². The molecule has 0 N–H and O–H groups in total. The predicted molar refractivity (Wildman–Crippen MR) is 110 cm³/mol. The summed E-state index contributed by atoms with van der Waals surface area (Å²) in [5.41, 5.74) is 8.54. The van der Waals surface area contributed by atoms with E-state index in [1.807, 2.05) is 6.07 Å². The van der Waals surface area contributed by atoms with Crippen LogP contribution in [-0.2, 0) is 19.3 Å². The lowest BCUT2D eigenvalue weighted by molar-refractivity contribution is -0.274. The van der Waals surface area contributed by atoms with Gasteiger partial charge in [-0.3, -0.25) is 0 Å². The van der Waals surface area contributed by atoms with E-state index in [0.717, 1.165) is 30.4 Å². The van der Waals surface area contributed by atoms with E-state index >= 15 is 0 Å². The second-order valence-corrected chi connectivity index (χ2v) is 7.54. The fourth-order valence-corrected chi connectivity index (χ4v) is 4.01. The average Bonchev–Trinajstić information content (AvgIpc) is 2.71. The van der Waals surface area contributed by atoms with Crippen LogP contribution in [0.25, 0.3) is 22.3 Å². The molecular weight excluding hydrogens is 373 g/mol. The molecule has 1 aliphatic rings. The molecule has 1 aliphatic carbocycles. The fourth-order valence-electron chi connectivity index (χ4n) is 4.01. The van der Waals surface area contributed by atoms with Crippen molar-refractivity contribution < 1.29 is 17.9 Å². The van der Waals surface area contributed by atoms with Crippen LogP contribution in [0.5, 0.6) is 5.75 Å². The lowest BCUT2D eigenvalue weighted by atomic mass is 9.83. The Balaban J connectivity index is 1.59. The first kappa shape index (κ1) is 19.6. The van der Waals surface area contributed by atoms with Gasteiger partial charge in [0.05, 0.1) is 0 Å². The molecule has 3 aromatic carbocycles. The normalized spacial score (nSPS) is 13.0. The summed E-state index contributed by atoms with van der Waals surface area (Å²) in [4.78, 5) is 0. The summed E-state index contributed by atoms with van der Waals surface area (Å²) in [6.45, 7) is 2.21. The van der Waals surface area contributed by atoms with Crippen LogP contribution in [0.3, 0.4) is 0 Å². The Bertz CT molecular complexity index is 1000. The molecule has 1 nitrogen and oxygen atoms in total. The summed E-state index contributed by atoms with van der Waals surface area (Å²) in [6, 6.07) is 19.2. The van der Waals surface area contributed by atoms with E-state index in [2.05, 4.69) is 42.0 Å². The molecule has 4 heteroatoms. The summed E-state index contributed by atoms with van der Waals surface area (Å²) >= 11 is 0. The predicted octanol–water partition coefficient (Wildman–Crippen LogP) is 7.36. The average molecular weight is 396 g/mol. The topological polar surface area (TPSA) is 9.23 Å². The summed E-state index contributed by atoms with van der Waals surface area (Å²) in [7, 11) is 0. The zero-order valence-corrected chi connectivity index (χ0v) is 16.4. The van der Waals surface area contributed by atoms with Crippen molar-refractivity contribution in [3.8, 4) is 28.0 Å². The Hall–Kier alpha value is -2.75. The van der Waals surface area contributed by atoms with Crippen molar-refractivity contribution in [3.63, 3.8) is 0 Å². The van der Waals surface area contributed by atoms with Gasteiger partial charge >= 0.3 is 6.36 Å². The Kier molecular flexibility index (Phi) is 5.35. The SMILES string of the molecule is CCCCc1ccc2c(c1)CCc1cc(-c3ccc(OC(F)(F)F)cc3)ccc1-2. The Morgan fingerprint density at radius 3 is 2.07 bits per heavy atom. The van der Waals surface area contributed by atoms with Crippen LogP contribution in [0.4, 0.5) is 13.2 Å².